The molecule has 38 heavy (non-hydrogen) atoms. The summed E-state index contributed by atoms with van der Waals surface area (Å²) in [4.78, 5) is 44.2. The molecule has 2 aromatic rings. The molecule has 0 bridgehead atoms. The maximum Gasteiger partial charge on any atom is 0.408 e. The third kappa shape index (κ3) is 7.05. The number of alkyl carbamates (subject to hydrolysis) is 1. The van der Waals surface area contributed by atoms with Crippen LogP contribution in [0.25, 0.3) is 0 Å². The van der Waals surface area contributed by atoms with E-state index in [2.05, 4.69) is 15.5 Å². The molecule has 3 amide bonds. The quantitative estimate of drug-likeness (QED) is 0.542. The third-order valence-corrected chi connectivity index (χ3v) is 6.72. The van der Waals surface area contributed by atoms with Crippen LogP contribution in [-0.2, 0) is 20.7 Å². The van der Waals surface area contributed by atoms with Crippen molar-refractivity contribution < 1.29 is 19.1 Å². The normalized spacial score (nSPS) is 18.5. The highest BCUT2D eigenvalue weighted by molar-refractivity contribution is 6.04. The van der Waals surface area contributed by atoms with E-state index >= 15 is 0 Å². The van der Waals surface area contributed by atoms with Crippen molar-refractivity contribution in [3.05, 3.63) is 60.2 Å². The fraction of sp³-hybridized carbons (Fsp3) is 0.500. The van der Waals surface area contributed by atoms with Crippen LogP contribution in [0.2, 0.25) is 0 Å². The molecule has 1 aliphatic carbocycles. The van der Waals surface area contributed by atoms with E-state index in [0.29, 0.717) is 12.5 Å². The maximum atomic E-state index is 13.9. The molecule has 2 aliphatic rings. The van der Waals surface area contributed by atoms with Gasteiger partial charge in [0.25, 0.3) is 5.91 Å². The van der Waals surface area contributed by atoms with Gasteiger partial charge in [-0.1, -0.05) is 42.5 Å². The van der Waals surface area contributed by atoms with Crippen LogP contribution < -0.4 is 20.4 Å². The summed E-state index contributed by atoms with van der Waals surface area (Å²) in [7, 11) is 0. The number of hydrogen-bond acceptors (Lipinski definition) is 5. The molecule has 0 aromatic heterocycles. The molecule has 0 radical (unpaired) electrons. The first-order valence-corrected chi connectivity index (χ1v) is 13.5. The summed E-state index contributed by atoms with van der Waals surface area (Å²) in [5.41, 5.74) is 2.05. The molecule has 4 rings (SSSR count). The minimum atomic E-state index is -0.907. The molecule has 1 fully saturated rings. The second kappa shape index (κ2) is 11.5. The average molecular weight is 521 g/mol. The van der Waals surface area contributed by atoms with E-state index in [1.165, 1.54) is 12.8 Å². The van der Waals surface area contributed by atoms with E-state index in [1.807, 2.05) is 68.4 Å². The molecule has 204 valence electrons. The second-order valence-electron chi connectivity index (χ2n) is 11.6. The van der Waals surface area contributed by atoms with E-state index in [4.69, 9.17) is 4.74 Å². The van der Waals surface area contributed by atoms with Crippen LogP contribution in [0.15, 0.2) is 54.6 Å². The molecule has 1 saturated carbocycles. The van der Waals surface area contributed by atoms with Crippen molar-refractivity contribution in [2.24, 2.45) is 5.92 Å². The van der Waals surface area contributed by atoms with E-state index in [1.54, 1.807) is 25.7 Å². The Morgan fingerprint density at radius 1 is 1.00 bits per heavy atom. The number of para-hydroxylation sites is 2. The maximum absolute atomic E-state index is 13.9. The molecule has 8 nitrogen and oxygen atoms in total. The van der Waals surface area contributed by atoms with E-state index in [0.717, 1.165) is 23.5 Å². The second-order valence-corrected chi connectivity index (χ2v) is 11.6. The third-order valence-electron chi connectivity index (χ3n) is 6.72. The summed E-state index contributed by atoms with van der Waals surface area (Å²) in [5, 5.41) is 5.73. The van der Waals surface area contributed by atoms with E-state index in [-0.39, 0.29) is 18.4 Å². The van der Waals surface area contributed by atoms with Gasteiger partial charge in [0.15, 0.2) is 0 Å². The van der Waals surface area contributed by atoms with Gasteiger partial charge in [-0.25, -0.2) is 4.79 Å². The fourth-order valence-electron chi connectivity index (χ4n) is 4.82. The lowest BCUT2D eigenvalue weighted by molar-refractivity contribution is -0.128. The van der Waals surface area contributed by atoms with Gasteiger partial charge >= 0.3 is 6.09 Å². The number of carbonyl (C=O) groups excluding carboxylic acids is 3. The monoisotopic (exact) mass is 520 g/mol. The minimum Gasteiger partial charge on any atom is -0.444 e. The number of benzene rings is 2. The Morgan fingerprint density at radius 3 is 2.24 bits per heavy atom. The molecule has 2 aromatic carbocycles. The lowest BCUT2D eigenvalue weighted by Crippen LogP contribution is -2.58. The molecule has 8 heteroatoms. The van der Waals surface area contributed by atoms with Crippen LogP contribution >= 0.6 is 0 Å². The summed E-state index contributed by atoms with van der Waals surface area (Å²) in [6, 6.07) is 15.7. The summed E-state index contributed by atoms with van der Waals surface area (Å²) in [5.74, 6) is 0.0219. The predicted octanol–water partition coefficient (Wildman–Crippen LogP) is 4.28. The van der Waals surface area contributed by atoms with Crippen LogP contribution in [0, 0.1) is 5.92 Å². The number of carbonyl (C=O) groups is 3. The van der Waals surface area contributed by atoms with Crippen molar-refractivity contribution in [2.75, 3.05) is 22.9 Å². The fourth-order valence-corrected chi connectivity index (χ4v) is 4.82. The molecule has 0 unspecified atom stereocenters. The van der Waals surface area contributed by atoms with Crippen molar-refractivity contribution in [3.63, 3.8) is 0 Å². The average Bonchev–Trinajstić information content (AvgIpc) is 3.67. The van der Waals surface area contributed by atoms with E-state index < -0.39 is 29.7 Å². The molecule has 1 heterocycles. The number of fused-ring (bicyclic) bond motifs is 1. The van der Waals surface area contributed by atoms with E-state index in [9.17, 15) is 14.4 Å². The highest BCUT2D eigenvalue weighted by Crippen LogP contribution is 2.38. The van der Waals surface area contributed by atoms with Crippen LogP contribution in [0.3, 0.4) is 0 Å². The zero-order valence-electron chi connectivity index (χ0n) is 23.1. The number of amides is 3. The van der Waals surface area contributed by atoms with Gasteiger partial charge in [-0.2, -0.15) is 0 Å². The number of ether oxygens (including phenoxy) is 1. The van der Waals surface area contributed by atoms with Gasteiger partial charge in [0.05, 0.1) is 11.4 Å². The van der Waals surface area contributed by atoms with Crippen molar-refractivity contribution in [3.8, 4) is 0 Å². The number of nitrogens with zero attached hydrogens (tertiary/aromatic N) is 2. The van der Waals surface area contributed by atoms with Crippen molar-refractivity contribution in [1.29, 1.82) is 0 Å². The molecular weight excluding hydrogens is 480 g/mol. The Balaban J connectivity index is 1.59. The van der Waals surface area contributed by atoms with Crippen LogP contribution in [-0.4, -0.2) is 54.7 Å². The van der Waals surface area contributed by atoms with Crippen molar-refractivity contribution >= 4 is 29.3 Å². The van der Waals surface area contributed by atoms with Gasteiger partial charge < -0.3 is 25.2 Å². The number of hydrogen-bond donors (Lipinski definition) is 2. The molecule has 2 atom stereocenters. The van der Waals surface area contributed by atoms with Crippen molar-refractivity contribution in [1.82, 2.24) is 10.6 Å². The Labute approximate surface area is 225 Å². The molecular formula is C30H40N4O4. The predicted molar refractivity (Wildman–Crippen MR) is 149 cm³/mol. The van der Waals surface area contributed by atoms with Crippen LogP contribution in [0.1, 0.15) is 53.0 Å². The van der Waals surface area contributed by atoms with Gasteiger partial charge in [-0.15, -0.1) is 0 Å². The highest BCUT2D eigenvalue weighted by Gasteiger charge is 2.38. The first-order valence-electron chi connectivity index (χ1n) is 13.5. The van der Waals surface area contributed by atoms with Gasteiger partial charge in [0.2, 0.25) is 5.91 Å². The summed E-state index contributed by atoms with van der Waals surface area (Å²) >= 11 is 0. The number of nitrogens with one attached hydrogen (secondary N) is 2. The number of rotatable bonds is 8. The largest absolute Gasteiger partial charge is 0.444 e. The molecule has 0 saturated heterocycles. The number of anilines is 2. The zero-order valence-corrected chi connectivity index (χ0v) is 23.1. The Morgan fingerprint density at radius 2 is 1.63 bits per heavy atom. The minimum absolute atomic E-state index is 0.0936. The van der Waals surface area contributed by atoms with Gasteiger partial charge in [0, 0.05) is 25.6 Å². The Bertz CT molecular complexity index is 1140. The highest BCUT2D eigenvalue weighted by atomic mass is 16.6. The Hall–Kier alpha value is -3.55. The molecule has 1 aliphatic heterocycles. The van der Waals surface area contributed by atoms with Gasteiger partial charge in [-0.05, 0) is 71.1 Å². The molecule has 0 spiro atoms. The standard InChI is InChI=1S/C30H40N4O4/c1-20(2)34-26-14-10-9-13-25(26)33(18-22-15-16-22)19-24(28(34)36)31-27(35)23(17-21-11-7-6-8-12-21)32-29(37)38-30(3,4)5/h6-14,20,22-24H,15-19H2,1-5H3,(H,31,35)(H,32,37)/t23-,24-/m1/s1. The van der Waals surface area contributed by atoms with Gasteiger partial charge in [0.1, 0.15) is 17.7 Å². The lowest BCUT2D eigenvalue weighted by Gasteiger charge is -2.30. The van der Waals surface area contributed by atoms with Crippen LogP contribution in [0.5, 0.6) is 0 Å². The molecule has 2 N–H and O–H groups in total. The summed E-state index contributed by atoms with van der Waals surface area (Å²) in [6.45, 7) is 10.5. The SMILES string of the molecule is CC(C)N1C(=O)[C@H](NC(=O)[C@@H](Cc2ccccc2)NC(=O)OC(C)(C)C)CN(CC2CC2)c2ccccc21. The summed E-state index contributed by atoms with van der Waals surface area (Å²) in [6.07, 6.45) is 1.95. The first-order chi connectivity index (χ1) is 18.0. The topological polar surface area (TPSA) is 91.0 Å². The lowest BCUT2D eigenvalue weighted by atomic mass is 10.0. The first kappa shape index (κ1) is 27.5. The van der Waals surface area contributed by atoms with Crippen molar-refractivity contribution in [2.45, 2.75) is 77.6 Å². The smallest absolute Gasteiger partial charge is 0.408 e. The van der Waals surface area contributed by atoms with Gasteiger partial charge in [-0.3, -0.25) is 9.59 Å². The van der Waals surface area contributed by atoms with Crippen LogP contribution in [0.4, 0.5) is 16.2 Å². The Kier molecular flexibility index (Phi) is 8.29. The summed E-state index contributed by atoms with van der Waals surface area (Å²) < 4.78 is 5.43. The zero-order chi connectivity index (χ0) is 27.4.